The highest BCUT2D eigenvalue weighted by Gasteiger charge is 2.13. The molecule has 0 saturated carbocycles. The molecule has 0 fully saturated rings. The number of nitrogens with zero attached hydrogens (tertiary/aromatic N) is 1. The first kappa shape index (κ1) is 20.2. The average molecular weight is 397 g/mol. The monoisotopic (exact) mass is 396 g/mol. The number of nitrogens with one attached hydrogen (secondary N) is 1. The van der Waals surface area contributed by atoms with E-state index in [0.29, 0.717) is 24.6 Å². The van der Waals surface area contributed by atoms with Crippen molar-refractivity contribution in [1.29, 1.82) is 0 Å². The Bertz CT molecular complexity index is 892. The lowest BCUT2D eigenvalue weighted by Crippen LogP contribution is -2.25. The van der Waals surface area contributed by atoms with E-state index in [1.54, 1.807) is 31.0 Å². The summed E-state index contributed by atoms with van der Waals surface area (Å²) in [5.74, 6) is 2.05. The van der Waals surface area contributed by atoms with Gasteiger partial charge >= 0.3 is 0 Å². The van der Waals surface area contributed by atoms with Gasteiger partial charge in [-0.15, -0.1) is 11.8 Å². The lowest BCUT2D eigenvalue weighted by atomic mass is 10.1. The molecular weight excluding hydrogens is 372 g/mol. The van der Waals surface area contributed by atoms with Gasteiger partial charge in [-0.2, -0.15) is 0 Å². The molecule has 0 spiro atoms. The highest BCUT2D eigenvalue weighted by Crippen LogP contribution is 2.27. The van der Waals surface area contributed by atoms with Gasteiger partial charge in [0.1, 0.15) is 5.76 Å². The van der Waals surface area contributed by atoms with E-state index in [1.807, 2.05) is 37.3 Å². The first-order valence-corrected chi connectivity index (χ1v) is 10.2. The number of amides is 1. The molecule has 0 aliphatic rings. The van der Waals surface area contributed by atoms with Gasteiger partial charge in [-0.1, -0.05) is 18.2 Å². The lowest BCUT2D eigenvalue weighted by Gasteiger charge is -2.05. The van der Waals surface area contributed by atoms with Gasteiger partial charge < -0.3 is 14.5 Å². The molecule has 0 unspecified atom stereocenters. The number of methoxy groups -OCH3 is 1. The van der Waals surface area contributed by atoms with Crippen LogP contribution >= 0.6 is 11.8 Å². The van der Waals surface area contributed by atoms with E-state index in [-0.39, 0.29) is 5.91 Å². The normalized spacial score (nSPS) is 10.8. The molecule has 0 aliphatic heterocycles. The third kappa shape index (κ3) is 5.47. The zero-order chi connectivity index (χ0) is 19.8. The highest BCUT2D eigenvalue weighted by atomic mass is 32.2. The number of thioether (sulfide) groups is 1. The van der Waals surface area contributed by atoms with E-state index < -0.39 is 0 Å². The molecule has 0 aliphatic carbocycles. The van der Waals surface area contributed by atoms with E-state index in [0.717, 1.165) is 29.2 Å². The van der Waals surface area contributed by atoms with E-state index >= 15 is 0 Å². The Morgan fingerprint density at radius 1 is 1.14 bits per heavy atom. The molecule has 5 nitrogen and oxygen atoms in total. The second-order valence-corrected chi connectivity index (χ2v) is 7.35. The fourth-order valence-corrected chi connectivity index (χ4v) is 3.56. The minimum atomic E-state index is -0.0915. The van der Waals surface area contributed by atoms with Crippen molar-refractivity contribution in [3.63, 3.8) is 0 Å². The molecule has 3 aromatic rings. The molecule has 1 heterocycles. The Balaban J connectivity index is 1.61. The van der Waals surface area contributed by atoms with Crippen LogP contribution in [0.1, 0.15) is 28.2 Å². The van der Waals surface area contributed by atoms with E-state index in [2.05, 4.69) is 22.4 Å². The summed E-state index contributed by atoms with van der Waals surface area (Å²) in [5.41, 5.74) is 2.41. The van der Waals surface area contributed by atoms with Crippen LogP contribution in [0.5, 0.6) is 0 Å². The van der Waals surface area contributed by atoms with E-state index in [4.69, 9.17) is 9.15 Å². The summed E-state index contributed by atoms with van der Waals surface area (Å²) in [6.07, 6.45) is 0.791. The molecule has 1 N–H and O–H groups in total. The van der Waals surface area contributed by atoms with Crippen LogP contribution in [0.15, 0.2) is 63.9 Å². The maximum absolute atomic E-state index is 12.1. The molecule has 1 aromatic heterocycles. The van der Waals surface area contributed by atoms with Crippen molar-refractivity contribution in [2.24, 2.45) is 0 Å². The van der Waals surface area contributed by atoms with Crippen molar-refractivity contribution in [2.45, 2.75) is 24.0 Å². The molecule has 2 aromatic carbocycles. The third-order valence-electron chi connectivity index (χ3n) is 4.22. The number of carbonyl (C=O) groups excluding carboxylic acids is 1. The van der Waals surface area contributed by atoms with Crippen LogP contribution in [-0.2, 0) is 10.5 Å². The van der Waals surface area contributed by atoms with Gasteiger partial charge in [0.15, 0.2) is 0 Å². The molecule has 0 saturated heterocycles. The smallest absolute Gasteiger partial charge is 0.251 e. The number of benzene rings is 2. The molecule has 1 amide bonds. The number of carbonyl (C=O) groups is 1. The summed E-state index contributed by atoms with van der Waals surface area (Å²) in [7, 11) is 1.65. The Hall–Kier alpha value is -2.57. The zero-order valence-electron chi connectivity index (χ0n) is 16.1. The van der Waals surface area contributed by atoms with Gasteiger partial charge in [0, 0.05) is 42.0 Å². The van der Waals surface area contributed by atoms with Gasteiger partial charge in [-0.3, -0.25) is 4.79 Å². The van der Waals surface area contributed by atoms with Crippen molar-refractivity contribution in [3.05, 3.63) is 71.6 Å². The Morgan fingerprint density at radius 2 is 1.89 bits per heavy atom. The third-order valence-corrected chi connectivity index (χ3v) is 5.24. The first-order chi connectivity index (χ1) is 13.7. The van der Waals surface area contributed by atoms with Gasteiger partial charge in [-0.05, 0) is 49.7 Å². The summed E-state index contributed by atoms with van der Waals surface area (Å²) < 4.78 is 10.8. The van der Waals surface area contributed by atoms with Crippen molar-refractivity contribution < 1.29 is 13.9 Å². The molecule has 0 atom stereocenters. The van der Waals surface area contributed by atoms with E-state index in [1.165, 1.54) is 4.90 Å². The zero-order valence-corrected chi connectivity index (χ0v) is 16.9. The lowest BCUT2D eigenvalue weighted by molar-refractivity contribution is 0.0948. The van der Waals surface area contributed by atoms with Crippen LogP contribution in [0.3, 0.4) is 0 Å². The largest absolute Gasteiger partial charge is 0.441 e. The number of rotatable bonds is 9. The van der Waals surface area contributed by atoms with Crippen LogP contribution in [-0.4, -0.2) is 31.2 Å². The summed E-state index contributed by atoms with van der Waals surface area (Å²) in [4.78, 5) is 18.0. The molecular formula is C22H24N2O3S. The minimum absolute atomic E-state index is 0.0915. The van der Waals surface area contributed by atoms with Gasteiger partial charge in [-0.25, -0.2) is 4.98 Å². The quantitative estimate of drug-likeness (QED) is 0.419. The van der Waals surface area contributed by atoms with Gasteiger partial charge in [0.05, 0.1) is 5.69 Å². The van der Waals surface area contributed by atoms with Crippen LogP contribution in [0, 0.1) is 6.92 Å². The summed E-state index contributed by atoms with van der Waals surface area (Å²) in [5, 5.41) is 2.88. The maximum Gasteiger partial charge on any atom is 0.251 e. The van der Waals surface area contributed by atoms with Crippen molar-refractivity contribution >= 4 is 17.7 Å². The van der Waals surface area contributed by atoms with Crippen molar-refractivity contribution in [3.8, 4) is 11.5 Å². The number of aryl methyl sites for hydroxylation is 1. The summed E-state index contributed by atoms with van der Waals surface area (Å²) in [6.45, 7) is 3.16. The second kappa shape index (κ2) is 10.1. The van der Waals surface area contributed by atoms with Crippen LogP contribution in [0.2, 0.25) is 0 Å². The van der Waals surface area contributed by atoms with Crippen LogP contribution in [0.4, 0.5) is 0 Å². The fraction of sp³-hybridized carbons (Fsp3) is 0.273. The predicted molar refractivity (Wildman–Crippen MR) is 112 cm³/mol. The topological polar surface area (TPSA) is 64.4 Å². The van der Waals surface area contributed by atoms with Crippen LogP contribution in [0.25, 0.3) is 11.5 Å². The van der Waals surface area contributed by atoms with Gasteiger partial charge in [0.25, 0.3) is 5.91 Å². The second-order valence-electron chi connectivity index (χ2n) is 6.30. The van der Waals surface area contributed by atoms with E-state index in [9.17, 15) is 4.79 Å². The van der Waals surface area contributed by atoms with Crippen molar-refractivity contribution in [2.75, 3.05) is 20.3 Å². The molecule has 3 rings (SSSR count). The molecule has 6 heteroatoms. The molecule has 146 valence electrons. The maximum atomic E-state index is 12.1. The molecule has 0 radical (unpaired) electrons. The number of hydrogen-bond acceptors (Lipinski definition) is 5. The Kier molecular flexibility index (Phi) is 7.28. The standard InChI is InChI=1S/C22H24N2O3S/c1-16-20(15-28-19-7-4-3-5-8-19)24-22(27-16)18-11-9-17(10-12-18)21(25)23-13-6-14-26-2/h3-5,7-12H,6,13-15H2,1-2H3,(H,23,25). The Labute approximate surface area is 169 Å². The van der Waals surface area contributed by atoms with Crippen molar-refractivity contribution in [1.82, 2.24) is 10.3 Å². The van der Waals surface area contributed by atoms with Crippen LogP contribution < -0.4 is 5.32 Å². The molecule has 28 heavy (non-hydrogen) atoms. The number of aromatic nitrogens is 1. The summed E-state index contributed by atoms with van der Waals surface area (Å²) in [6, 6.07) is 17.5. The summed E-state index contributed by atoms with van der Waals surface area (Å²) >= 11 is 1.73. The SMILES string of the molecule is COCCCNC(=O)c1ccc(-c2nc(CSc3ccccc3)c(C)o2)cc1. The number of ether oxygens (including phenoxy) is 1. The first-order valence-electron chi connectivity index (χ1n) is 9.19. The average Bonchev–Trinajstić information content (AvgIpc) is 3.11. The number of oxazole rings is 1. The predicted octanol–water partition coefficient (Wildman–Crippen LogP) is 4.71. The Morgan fingerprint density at radius 3 is 2.61 bits per heavy atom. The highest BCUT2D eigenvalue weighted by molar-refractivity contribution is 7.98. The molecule has 0 bridgehead atoms. The number of hydrogen-bond donors (Lipinski definition) is 1. The minimum Gasteiger partial charge on any atom is -0.441 e. The van der Waals surface area contributed by atoms with Gasteiger partial charge in [0.2, 0.25) is 5.89 Å². The fourth-order valence-electron chi connectivity index (χ4n) is 2.64.